The van der Waals surface area contributed by atoms with E-state index in [0.29, 0.717) is 46.8 Å². The first kappa shape index (κ1) is 26.6. The zero-order valence-corrected chi connectivity index (χ0v) is 22.6. The van der Waals surface area contributed by atoms with Crippen LogP contribution in [0.1, 0.15) is 34.8 Å². The number of halogens is 2. The third-order valence-electron chi connectivity index (χ3n) is 4.85. The topological polar surface area (TPSA) is 78.4 Å². The van der Waals surface area contributed by atoms with Crippen LogP contribution >= 0.6 is 34.2 Å². The van der Waals surface area contributed by atoms with Gasteiger partial charge in [-0.3, -0.25) is 4.79 Å². The van der Waals surface area contributed by atoms with Crippen LogP contribution in [-0.2, 0) is 6.61 Å². The lowest BCUT2D eigenvalue weighted by Crippen LogP contribution is -2.17. The van der Waals surface area contributed by atoms with E-state index in [9.17, 15) is 4.79 Å². The molecule has 0 atom stereocenters. The molecule has 0 unspecified atom stereocenters. The molecule has 3 aromatic carbocycles. The normalized spacial score (nSPS) is 10.8. The number of carbonyl (C=O) groups excluding carboxylic acids is 1. The van der Waals surface area contributed by atoms with Crippen molar-refractivity contribution < 1.29 is 23.7 Å². The molecule has 1 N–H and O–H groups in total. The van der Waals surface area contributed by atoms with Gasteiger partial charge in [0.25, 0.3) is 5.91 Å². The van der Waals surface area contributed by atoms with Crippen LogP contribution in [0.5, 0.6) is 23.0 Å². The van der Waals surface area contributed by atoms with E-state index >= 15 is 0 Å². The van der Waals surface area contributed by atoms with Gasteiger partial charge in [0, 0.05) is 16.1 Å². The highest BCUT2D eigenvalue weighted by atomic mass is 127. The van der Waals surface area contributed by atoms with Gasteiger partial charge < -0.3 is 18.9 Å². The Morgan fingerprint density at radius 3 is 2.51 bits per heavy atom. The second-order valence-electron chi connectivity index (χ2n) is 7.33. The standard InChI is InChI=1S/C26H26ClIN2O5/c1-4-11-34-22-10-9-18(14-23(22)32-2)26(31)30-29-15-17-12-21(28)25(24(13-17)33-3)35-16-19-7-5-6-8-20(19)27/h5-10,12-15H,4,11,16H2,1-3H3,(H,30,31)/b29-15+. The summed E-state index contributed by atoms with van der Waals surface area (Å²) in [5, 5.41) is 4.72. The molecule has 35 heavy (non-hydrogen) atoms. The predicted octanol–water partition coefficient (Wildman–Crippen LogP) is 6.09. The molecule has 0 saturated carbocycles. The quantitative estimate of drug-likeness (QED) is 0.162. The van der Waals surface area contributed by atoms with Crippen LogP contribution in [0.4, 0.5) is 0 Å². The summed E-state index contributed by atoms with van der Waals surface area (Å²) in [7, 11) is 3.10. The Morgan fingerprint density at radius 2 is 1.80 bits per heavy atom. The molecular weight excluding hydrogens is 583 g/mol. The molecule has 0 aliphatic rings. The number of carbonyl (C=O) groups is 1. The van der Waals surface area contributed by atoms with Crippen molar-refractivity contribution in [1.82, 2.24) is 5.43 Å². The number of ether oxygens (including phenoxy) is 4. The number of hydrazone groups is 1. The van der Waals surface area contributed by atoms with Crippen LogP contribution in [0.25, 0.3) is 0 Å². The van der Waals surface area contributed by atoms with Gasteiger partial charge in [0.05, 0.1) is 30.6 Å². The third kappa shape index (κ3) is 7.25. The van der Waals surface area contributed by atoms with Gasteiger partial charge >= 0.3 is 0 Å². The lowest BCUT2D eigenvalue weighted by molar-refractivity contribution is 0.0954. The van der Waals surface area contributed by atoms with Gasteiger partial charge in [-0.15, -0.1) is 0 Å². The fourth-order valence-corrected chi connectivity index (χ4v) is 4.06. The Labute approximate surface area is 223 Å². The maximum atomic E-state index is 12.5. The molecule has 1 amide bonds. The summed E-state index contributed by atoms with van der Waals surface area (Å²) < 4.78 is 23.3. The average molecular weight is 609 g/mol. The summed E-state index contributed by atoms with van der Waals surface area (Å²) in [6, 6.07) is 16.2. The average Bonchev–Trinajstić information content (AvgIpc) is 2.87. The minimum Gasteiger partial charge on any atom is -0.493 e. The Bertz CT molecular complexity index is 1200. The highest BCUT2D eigenvalue weighted by molar-refractivity contribution is 14.1. The molecule has 3 rings (SSSR count). The van der Waals surface area contributed by atoms with Crippen molar-refractivity contribution >= 4 is 46.3 Å². The highest BCUT2D eigenvalue weighted by Crippen LogP contribution is 2.34. The molecule has 7 nitrogen and oxygen atoms in total. The minimum absolute atomic E-state index is 0.307. The lowest BCUT2D eigenvalue weighted by atomic mass is 10.2. The zero-order valence-electron chi connectivity index (χ0n) is 19.6. The lowest BCUT2D eigenvalue weighted by Gasteiger charge is -2.14. The number of rotatable bonds is 11. The molecule has 0 aliphatic carbocycles. The molecule has 0 heterocycles. The van der Waals surface area contributed by atoms with E-state index in [1.807, 2.05) is 37.3 Å². The maximum Gasteiger partial charge on any atom is 0.271 e. The first-order valence-corrected chi connectivity index (χ1v) is 12.3. The van der Waals surface area contributed by atoms with Gasteiger partial charge in [-0.2, -0.15) is 5.10 Å². The monoisotopic (exact) mass is 608 g/mol. The number of amides is 1. The highest BCUT2D eigenvalue weighted by Gasteiger charge is 2.13. The van der Waals surface area contributed by atoms with Gasteiger partial charge in [-0.1, -0.05) is 36.7 Å². The molecule has 184 valence electrons. The van der Waals surface area contributed by atoms with E-state index in [1.54, 1.807) is 31.4 Å². The van der Waals surface area contributed by atoms with Crippen molar-refractivity contribution in [2.75, 3.05) is 20.8 Å². The first-order chi connectivity index (χ1) is 17.0. The molecule has 3 aromatic rings. The minimum atomic E-state index is -0.372. The number of hydrogen-bond acceptors (Lipinski definition) is 6. The maximum absolute atomic E-state index is 12.5. The number of benzene rings is 3. The summed E-state index contributed by atoms with van der Waals surface area (Å²) in [6.07, 6.45) is 2.41. The van der Waals surface area contributed by atoms with Crippen molar-refractivity contribution in [3.8, 4) is 23.0 Å². The largest absolute Gasteiger partial charge is 0.493 e. The molecule has 0 bridgehead atoms. The molecule has 0 saturated heterocycles. The Balaban J connectivity index is 1.68. The summed E-state index contributed by atoms with van der Waals surface area (Å²) >= 11 is 8.39. The molecule has 0 fully saturated rings. The van der Waals surface area contributed by atoms with Gasteiger partial charge in [-0.05, 0) is 71.0 Å². The second-order valence-corrected chi connectivity index (χ2v) is 8.90. The van der Waals surface area contributed by atoms with Gasteiger partial charge in [-0.25, -0.2) is 5.43 Å². The second kappa shape index (κ2) is 13.2. The number of methoxy groups -OCH3 is 2. The third-order valence-corrected chi connectivity index (χ3v) is 6.02. The number of nitrogens with zero attached hydrogens (tertiary/aromatic N) is 1. The van der Waals surface area contributed by atoms with E-state index in [4.69, 9.17) is 30.5 Å². The molecule has 0 spiro atoms. The first-order valence-electron chi connectivity index (χ1n) is 10.8. The van der Waals surface area contributed by atoms with Gasteiger partial charge in [0.15, 0.2) is 23.0 Å². The van der Waals surface area contributed by atoms with Gasteiger partial charge in [0.2, 0.25) is 0 Å². The fraction of sp³-hybridized carbons (Fsp3) is 0.231. The molecule has 9 heteroatoms. The molecule has 0 aliphatic heterocycles. The smallest absolute Gasteiger partial charge is 0.271 e. The van der Waals surface area contributed by atoms with Crippen molar-refractivity contribution in [2.45, 2.75) is 20.0 Å². The van der Waals surface area contributed by atoms with Crippen LogP contribution in [0.15, 0.2) is 59.7 Å². The van der Waals surface area contributed by atoms with Gasteiger partial charge in [0.1, 0.15) is 6.61 Å². The summed E-state index contributed by atoms with van der Waals surface area (Å²) in [5.41, 5.74) is 4.54. The van der Waals surface area contributed by atoms with Crippen molar-refractivity contribution in [3.63, 3.8) is 0 Å². The van der Waals surface area contributed by atoms with Crippen LogP contribution < -0.4 is 24.4 Å². The van der Waals surface area contributed by atoms with Crippen molar-refractivity contribution in [1.29, 1.82) is 0 Å². The molecular formula is C26H26ClIN2O5. The molecule has 0 aromatic heterocycles. The number of nitrogens with one attached hydrogen (secondary N) is 1. The van der Waals surface area contributed by atoms with Crippen molar-refractivity contribution in [3.05, 3.63) is 79.9 Å². The van der Waals surface area contributed by atoms with Crippen LogP contribution in [-0.4, -0.2) is 32.9 Å². The van der Waals surface area contributed by atoms with E-state index in [1.165, 1.54) is 13.3 Å². The predicted molar refractivity (Wildman–Crippen MR) is 145 cm³/mol. The van der Waals surface area contributed by atoms with Crippen molar-refractivity contribution in [2.24, 2.45) is 5.10 Å². The Morgan fingerprint density at radius 1 is 1.03 bits per heavy atom. The fourth-order valence-electron chi connectivity index (χ4n) is 3.09. The molecule has 0 radical (unpaired) electrons. The summed E-state index contributed by atoms with van der Waals surface area (Å²) in [6.45, 7) is 2.89. The van der Waals surface area contributed by atoms with E-state index in [-0.39, 0.29) is 5.91 Å². The summed E-state index contributed by atoms with van der Waals surface area (Å²) in [4.78, 5) is 12.5. The van der Waals surface area contributed by atoms with E-state index in [0.717, 1.165) is 21.1 Å². The Kier molecular flexibility index (Phi) is 10.0. The van der Waals surface area contributed by atoms with Crippen LogP contribution in [0.2, 0.25) is 5.02 Å². The van der Waals surface area contributed by atoms with Crippen LogP contribution in [0.3, 0.4) is 0 Å². The Hall–Kier alpha value is -2.98. The number of hydrogen-bond donors (Lipinski definition) is 1. The SMILES string of the molecule is CCCOc1ccc(C(=O)N/N=C/c2cc(I)c(OCc3ccccc3Cl)c(OC)c2)cc1OC. The van der Waals surface area contributed by atoms with E-state index in [2.05, 4.69) is 33.1 Å². The van der Waals surface area contributed by atoms with Crippen LogP contribution in [0, 0.1) is 3.57 Å². The van der Waals surface area contributed by atoms with E-state index < -0.39 is 0 Å². The summed E-state index contributed by atoms with van der Waals surface area (Å²) in [5.74, 6) is 1.86. The zero-order chi connectivity index (χ0) is 25.2.